The largest absolute Gasteiger partial charge is 0.367 e. The van der Waals surface area contributed by atoms with Crippen molar-refractivity contribution >= 4 is 17.1 Å². The minimum atomic E-state index is -1.56. The van der Waals surface area contributed by atoms with Crippen LogP contribution in [0.4, 0.5) is 39.0 Å². The lowest BCUT2D eigenvalue weighted by Crippen LogP contribution is -2.46. The molecule has 1 aliphatic rings. The standard InChI is InChI=1S/C17H13F5N4O4/c18-10-7-15(25(27)28)11(19)6-14(10)24-3-1-23(2-4-24)8-9-16(22)12(20)5-13(21)17(9)26(29)30/h5-7H,1-4,8H2. The summed E-state index contributed by atoms with van der Waals surface area (Å²) in [7, 11) is 0. The third-order valence-electron chi connectivity index (χ3n) is 4.73. The first kappa shape index (κ1) is 21.4. The highest BCUT2D eigenvalue weighted by Crippen LogP contribution is 2.31. The molecule has 1 aliphatic heterocycles. The van der Waals surface area contributed by atoms with Gasteiger partial charge in [0.15, 0.2) is 17.5 Å². The van der Waals surface area contributed by atoms with E-state index in [-0.39, 0.29) is 37.9 Å². The van der Waals surface area contributed by atoms with Crippen LogP contribution in [0.1, 0.15) is 5.56 Å². The SMILES string of the molecule is O=[N+]([O-])c1cc(F)c(N2CCN(Cc3c(F)c(F)cc(F)c3[N+](=O)[O-])CC2)cc1F. The van der Waals surface area contributed by atoms with Crippen LogP contribution in [-0.4, -0.2) is 40.9 Å². The Morgan fingerprint density at radius 2 is 1.43 bits per heavy atom. The Morgan fingerprint density at radius 3 is 2.00 bits per heavy atom. The molecule has 2 aromatic rings. The number of nitro groups is 2. The zero-order valence-corrected chi connectivity index (χ0v) is 15.1. The number of piperazine rings is 1. The van der Waals surface area contributed by atoms with Gasteiger partial charge in [-0.05, 0) is 0 Å². The van der Waals surface area contributed by atoms with Gasteiger partial charge in [0.05, 0.1) is 27.2 Å². The van der Waals surface area contributed by atoms with Gasteiger partial charge in [-0.15, -0.1) is 0 Å². The van der Waals surface area contributed by atoms with Crippen molar-refractivity contribution in [2.24, 2.45) is 0 Å². The number of benzene rings is 2. The predicted octanol–water partition coefficient (Wildman–Crippen LogP) is 3.52. The third-order valence-corrected chi connectivity index (χ3v) is 4.73. The molecule has 3 rings (SSSR count). The van der Waals surface area contributed by atoms with E-state index in [0.717, 1.165) is 0 Å². The van der Waals surface area contributed by atoms with Gasteiger partial charge in [0.2, 0.25) is 11.6 Å². The highest BCUT2D eigenvalue weighted by atomic mass is 19.2. The van der Waals surface area contributed by atoms with Crippen LogP contribution in [0.3, 0.4) is 0 Å². The molecule has 0 unspecified atom stereocenters. The van der Waals surface area contributed by atoms with E-state index >= 15 is 0 Å². The van der Waals surface area contributed by atoms with Gasteiger partial charge in [0, 0.05) is 44.9 Å². The Morgan fingerprint density at radius 1 is 0.800 bits per heavy atom. The summed E-state index contributed by atoms with van der Waals surface area (Å²) in [6, 6.07) is 1.25. The molecule has 0 atom stereocenters. The monoisotopic (exact) mass is 432 g/mol. The van der Waals surface area contributed by atoms with Crippen LogP contribution in [-0.2, 0) is 6.54 Å². The summed E-state index contributed by atoms with van der Waals surface area (Å²) in [6.07, 6.45) is 0. The molecule has 0 spiro atoms. The molecule has 0 saturated carbocycles. The fourth-order valence-electron chi connectivity index (χ4n) is 3.26. The van der Waals surface area contributed by atoms with Gasteiger partial charge in [-0.1, -0.05) is 0 Å². The topological polar surface area (TPSA) is 92.8 Å². The van der Waals surface area contributed by atoms with Gasteiger partial charge < -0.3 is 4.90 Å². The number of rotatable bonds is 5. The number of halogens is 5. The second-order valence-electron chi connectivity index (χ2n) is 6.51. The second-order valence-corrected chi connectivity index (χ2v) is 6.51. The van der Waals surface area contributed by atoms with E-state index < -0.39 is 62.4 Å². The maximum atomic E-state index is 14.2. The summed E-state index contributed by atoms with van der Waals surface area (Å²) < 4.78 is 69.3. The maximum absolute atomic E-state index is 14.2. The van der Waals surface area contributed by atoms with Crippen LogP contribution < -0.4 is 4.90 Å². The van der Waals surface area contributed by atoms with Crippen molar-refractivity contribution in [3.05, 3.63) is 73.1 Å². The first-order valence-electron chi connectivity index (χ1n) is 8.51. The van der Waals surface area contributed by atoms with Gasteiger partial charge in [0.25, 0.3) is 0 Å². The highest BCUT2D eigenvalue weighted by molar-refractivity contribution is 5.53. The molecule has 0 bridgehead atoms. The lowest BCUT2D eigenvalue weighted by Gasteiger charge is -2.36. The van der Waals surface area contributed by atoms with Gasteiger partial charge in [-0.3, -0.25) is 25.1 Å². The molecule has 30 heavy (non-hydrogen) atoms. The average molecular weight is 432 g/mol. The predicted molar refractivity (Wildman–Crippen MR) is 93.5 cm³/mol. The molecule has 160 valence electrons. The molecule has 0 N–H and O–H groups in total. The van der Waals surface area contributed by atoms with E-state index in [2.05, 4.69) is 0 Å². The van der Waals surface area contributed by atoms with E-state index in [4.69, 9.17) is 0 Å². The molecule has 0 aliphatic carbocycles. The molecule has 1 heterocycles. The van der Waals surface area contributed by atoms with Crippen molar-refractivity contribution in [2.45, 2.75) is 6.54 Å². The first-order valence-corrected chi connectivity index (χ1v) is 8.51. The van der Waals surface area contributed by atoms with Gasteiger partial charge in [0.1, 0.15) is 0 Å². The zero-order valence-electron chi connectivity index (χ0n) is 15.1. The molecule has 0 aromatic heterocycles. The van der Waals surface area contributed by atoms with Crippen LogP contribution in [0.15, 0.2) is 18.2 Å². The molecule has 1 fully saturated rings. The fraction of sp³-hybridized carbons (Fsp3) is 0.294. The van der Waals surface area contributed by atoms with Gasteiger partial charge in [-0.2, -0.15) is 8.78 Å². The Kier molecular flexibility index (Phi) is 5.82. The zero-order chi connectivity index (χ0) is 22.2. The van der Waals surface area contributed by atoms with E-state index in [1.807, 2.05) is 0 Å². The Hall–Kier alpha value is -3.35. The summed E-state index contributed by atoms with van der Waals surface area (Å²) in [5, 5.41) is 21.7. The van der Waals surface area contributed by atoms with Crippen LogP contribution in [0.5, 0.6) is 0 Å². The number of hydrogen-bond donors (Lipinski definition) is 0. The Bertz CT molecular complexity index is 1030. The normalized spacial score (nSPS) is 14.8. The lowest BCUT2D eigenvalue weighted by molar-refractivity contribution is -0.388. The van der Waals surface area contributed by atoms with Crippen molar-refractivity contribution < 1.29 is 31.8 Å². The molecule has 1 saturated heterocycles. The molecule has 0 radical (unpaired) electrons. The smallest absolute Gasteiger partial charge is 0.312 e. The van der Waals surface area contributed by atoms with E-state index in [9.17, 15) is 42.2 Å². The summed E-state index contributed by atoms with van der Waals surface area (Å²) in [6.45, 7) is -0.204. The van der Waals surface area contributed by atoms with Gasteiger partial charge >= 0.3 is 11.4 Å². The number of nitro benzene ring substituents is 2. The number of nitrogens with zero attached hydrogens (tertiary/aromatic N) is 4. The van der Waals surface area contributed by atoms with Crippen LogP contribution in [0.25, 0.3) is 0 Å². The van der Waals surface area contributed by atoms with Crippen molar-refractivity contribution in [2.75, 3.05) is 31.1 Å². The van der Waals surface area contributed by atoms with Crippen LogP contribution >= 0.6 is 0 Å². The lowest BCUT2D eigenvalue weighted by atomic mass is 10.1. The van der Waals surface area contributed by atoms with E-state index in [1.165, 1.54) is 9.80 Å². The van der Waals surface area contributed by atoms with Crippen LogP contribution in [0, 0.1) is 49.3 Å². The summed E-state index contributed by atoms with van der Waals surface area (Å²) >= 11 is 0. The minimum Gasteiger partial charge on any atom is -0.367 e. The first-order chi connectivity index (χ1) is 14.1. The molecule has 0 amide bonds. The molecule has 2 aromatic carbocycles. The summed E-state index contributed by atoms with van der Waals surface area (Å²) in [5.74, 6) is -6.82. The number of hydrogen-bond acceptors (Lipinski definition) is 6. The van der Waals surface area contributed by atoms with Crippen molar-refractivity contribution in [1.29, 1.82) is 0 Å². The Balaban J connectivity index is 1.77. The molecule has 8 nitrogen and oxygen atoms in total. The average Bonchev–Trinajstić information content (AvgIpc) is 2.67. The van der Waals surface area contributed by atoms with E-state index in [0.29, 0.717) is 12.1 Å². The molecular formula is C17H13F5N4O4. The summed E-state index contributed by atoms with van der Waals surface area (Å²) in [4.78, 5) is 22.4. The number of anilines is 1. The van der Waals surface area contributed by atoms with Gasteiger partial charge in [-0.25, -0.2) is 13.2 Å². The van der Waals surface area contributed by atoms with E-state index in [1.54, 1.807) is 0 Å². The third kappa shape index (κ3) is 4.01. The summed E-state index contributed by atoms with van der Waals surface area (Å²) in [5.41, 5.74) is -3.14. The Labute approximate surface area is 165 Å². The highest BCUT2D eigenvalue weighted by Gasteiger charge is 2.30. The van der Waals surface area contributed by atoms with Crippen LogP contribution in [0.2, 0.25) is 0 Å². The molecule has 13 heteroatoms. The van der Waals surface area contributed by atoms with Crippen molar-refractivity contribution in [1.82, 2.24) is 4.90 Å². The quantitative estimate of drug-likeness (QED) is 0.311. The molecular weight excluding hydrogens is 419 g/mol. The van der Waals surface area contributed by atoms with Crippen molar-refractivity contribution in [3.8, 4) is 0 Å². The minimum absolute atomic E-state index is 0.0569. The van der Waals surface area contributed by atoms with Crippen molar-refractivity contribution in [3.63, 3.8) is 0 Å². The fourth-order valence-corrected chi connectivity index (χ4v) is 3.26. The maximum Gasteiger partial charge on any atom is 0.312 e. The second kappa shape index (κ2) is 8.18.